The number of H-pyrrole nitrogens is 1. The van der Waals surface area contributed by atoms with Crippen LogP contribution in [0.2, 0.25) is 0 Å². The van der Waals surface area contributed by atoms with Gasteiger partial charge in [-0.05, 0) is 32.9 Å². The number of Topliss-reactive ketones (excluding diaryl/α,β-unsaturated/α-hetero) is 1. The fraction of sp³-hybridized carbons (Fsp3) is 0.308. The molecule has 0 aliphatic heterocycles. The second kappa shape index (κ2) is 4.72. The van der Waals surface area contributed by atoms with E-state index in [1.165, 1.54) is 6.92 Å². The smallest absolute Gasteiger partial charge is 0.329 e. The van der Waals surface area contributed by atoms with Crippen molar-refractivity contribution in [2.75, 3.05) is 0 Å². The van der Waals surface area contributed by atoms with Gasteiger partial charge in [0, 0.05) is 6.20 Å². The number of aromatic nitrogens is 2. The van der Waals surface area contributed by atoms with Crippen LogP contribution in [0.15, 0.2) is 32.3 Å². The Labute approximate surface area is 108 Å². The third-order valence-electron chi connectivity index (χ3n) is 2.95. The summed E-state index contributed by atoms with van der Waals surface area (Å²) in [5.74, 6) is 0.790. The topological polar surface area (TPSA) is 85.1 Å². The van der Waals surface area contributed by atoms with Gasteiger partial charge < -0.3 is 9.40 Å². The summed E-state index contributed by atoms with van der Waals surface area (Å²) >= 11 is 0. The van der Waals surface area contributed by atoms with E-state index in [4.69, 9.17) is 4.42 Å². The van der Waals surface area contributed by atoms with Gasteiger partial charge in [0.2, 0.25) is 0 Å². The van der Waals surface area contributed by atoms with Crippen LogP contribution in [0.4, 0.5) is 0 Å². The van der Waals surface area contributed by atoms with Crippen LogP contribution in [0.5, 0.6) is 0 Å². The minimum Gasteiger partial charge on any atom is -0.464 e. The first-order valence-electron chi connectivity index (χ1n) is 5.83. The lowest BCUT2D eigenvalue weighted by atomic mass is 10.2. The number of nitrogens with zero attached hydrogens (tertiary/aromatic N) is 1. The van der Waals surface area contributed by atoms with E-state index in [1.807, 2.05) is 0 Å². The van der Waals surface area contributed by atoms with Gasteiger partial charge in [0.05, 0.1) is 11.6 Å². The number of carbonyl (C=O) groups excluding carboxylic acids is 1. The van der Waals surface area contributed by atoms with Crippen molar-refractivity contribution in [3.05, 3.63) is 56.3 Å². The number of aromatic amines is 1. The first-order valence-corrected chi connectivity index (χ1v) is 5.83. The summed E-state index contributed by atoms with van der Waals surface area (Å²) in [6.07, 6.45) is 1.14. The van der Waals surface area contributed by atoms with Crippen LogP contribution in [0.1, 0.15) is 41.8 Å². The molecule has 0 aliphatic carbocycles. The number of rotatable bonds is 3. The van der Waals surface area contributed by atoms with E-state index in [0.29, 0.717) is 11.5 Å². The van der Waals surface area contributed by atoms with Gasteiger partial charge >= 0.3 is 5.69 Å². The Balaban J connectivity index is 2.62. The molecule has 2 aromatic heterocycles. The highest BCUT2D eigenvalue weighted by Crippen LogP contribution is 2.17. The second-order valence-electron chi connectivity index (χ2n) is 4.36. The molecule has 0 radical (unpaired) electrons. The lowest BCUT2D eigenvalue weighted by molar-refractivity contribution is 0.101. The van der Waals surface area contributed by atoms with Crippen molar-refractivity contribution >= 4 is 5.78 Å². The lowest BCUT2D eigenvalue weighted by Crippen LogP contribution is -2.39. The van der Waals surface area contributed by atoms with Crippen molar-refractivity contribution in [3.63, 3.8) is 0 Å². The predicted octanol–water partition coefficient (Wildman–Crippen LogP) is 1.25. The number of aryl methyl sites for hydroxylation is 1. The van der Waals surface area contributed by atoms with Crippen molar-refractivity contribution in [2.45, 2.75) is 26.8 Å². The van der Waals surface area contributed by atoms with E-state index >= 15 is 0 Å². The maximum absolute atomic E-state index is 12.1. The molecule has 2 heterocycles. The van der Waals surface area contributed by atoms with Crippen LogP contribution < -0.4 is 11.2 Å². The molecule has 0 saturated carbocycles. The van der Waals surface area contributed by atoms with Gasteiger partial charge in [-0.1, -0.05) is 0 Å². The highest BCUT2D eigenvalue weighted by Gasteiger charge is 2.19. The Hall–Kier alpha value is -2.37. The van der Waals surface area contributed by atoms with E-state index in [-0.39, 0.29) is 5.56 Å². The van der Waals surface area contributed by atoms with Crippen molar-refractivity contribution in [3.8, 4) is 0 Å². The molecule has 1 N–H and O–H groups in total. The molecule has 0 aromatic carbocycles. The normalized spacial score (nSPS) is 12.4. The molecule has 0 fully saturated rings. The summed E-state index contributed by atoms with van der Waals surface area (Å²) in [4.78, 5) is 37.7. The predicted molar refractivity (Wildman–Crippen MR) is 68.6 cm³/mol. The Kier molecular flexibility index (Phi) is 3.25. The number of carbonyl (C=O) groups is 1. The van der Waals surface area contributed by atoms with E-state index in [0.717, 1.165) is 10.8 Å². The van der Waals surface area contributed by atoms with E-state index in [9.17, 15) is 14.4 Å². The standard InChI is InChI=1S/C13H14N2O4/c1-7-4-5-11(19-7)8(2)15-12(17)10(9(3)16)6-14-13(15)18/h4-6,8H,1-3H3,(H,14,18). The fourth-order valence-electron chi connectivity index (χ4n) is 1.90. The molecular weight excluding hydrogens is 248 g/mol. The molecule has 2 rings (SSSR count). The average molecular weight is 262 g/mol. The first-order chi connectivity index (χ1) is 8.91. The first kappa shape index (κ1) is 13.1. The molecule has 19 heavy (non-hydrogen) atoms. The third kappa shape index (κ3) is 2.29. The summed E-state index contributed by atoms with van der Waals surface area (Å²) in [6.45, 7) is 4.72. The SMILES string of the molecule is CC(=O)c1c[nH]c(=O)n(C(C)c2ccc(C)o2)c1=O. The van der Waals surface area contributed by atoms with Crippen LogP contribution in [0.25, 0.3) is 0 Å². The number of ketones is 1. The van der Waals surface area contributed by atoms with Gasteiger partial charge in [0.1, 0.15) is 11.5 Å². The zero-order chi connectivity index (χ0) is 14.2. The monoisotopic (exact) mass is 262 g/mol. The molecule has 0 saturated heterocycles. The van der Waals surface area contributed by atoms with Crippen molar-refractivity contribution in [2.24, 2.45) is 0 Å². The van der Waals surface area contributed by atoms with E-state index < -0.39 is 23.1 Å². The van der Waals surface area contributed by atoms with Gasteiger partial charge in [0.25, 0.3) is 5.56 Å². The zero-order valence-corrected chi connectivity index (χ0v) is 10.9. The minimum atomic E-state index is -0.613. The second-order valence-corrected chi connectivity index (χ2v) is 4.36. The largest absolute Gasteiger partial charge is 0.464 e. The molecule has 0 spiro atoms. The molecule has 1 atom stereocenters. The third-order valence-corrected chi connectivity index (χ3v) is 2.95. The highest BCUT2D eigenvalue weighted by molar-refractivity contribution is 5.93. The van der Waals surface area contributed by atoms with E-state index in [1.54, 1.807) is 26.0 Å². The van der Waals surface area contributed by atoms with Gasteiger partial charge in [-0.25, -0.2) is 9.36 Å². The highest BCUT2D eigenvalue weighted by atomic mass is 16.3. The summed E-state index contributed by atoms with van der Waals surface area (Å²) < 4.78 is 6.39. The molecule has 0 bridgehead atoms. The molecule has 2 aromatic rings. The van der Waals surface area contributed by atoms with Gasteiger partial charge in [-0.2, -0.15) is 0 Å². The average Bonchev–Trinajstić information content (AvgIpc) is 2.75. The van der Waals surface area contributed by atoms with Crippen LogP contribution in [-0.4, -0.2) is 15.3 Å². The molecule has 6 heteroatoms. The summed E-state index contributed by atoms with van der Waals surface area (Å²) in [7, 11) is 0. The molecular formula is C13H14N2O4. The molecule has 1 unspecified atom stereocenters. The van der Waals surface area contributed by atoms with Crippen LogP contribution in [0.3, 0.4) is 0 Å². The van der Waals surface area contributed by atoms with Crippen molar-refractivity contribution < 1.29 is 9.21 Å². The quantitative estimate of drug-likeness (QED) is 0.843. The van der Waals surface area contributed by atoms with Crippen molar-refractivity contribution in [1.29, 1.82) is 0 Å². The Morgan fingerprint density at radius 1 is 1.37 bits per heavy atom. The molecule has 0 amide bonds. The Morgan fingerprint density at radius 3 is 2.58 bits per heavy atom. The van der Waals surface area contributed by atoms with Crippen LogP contribution in [0, 0.1) is 6.92 Å². The Morgan fingerprint density at radius 2 is 2.05 bits per heavy atom. The van der Waals surface area contributed by atoms with E-state index in [2.05, 4.69) is 4.98 Å². The molecule has 100 valence electrons. The number of hydrogen-bond acceptors (Lipinski definition) is 4. The summed E-state index contributed by atoms with van der Waals surface area (Å²) in [5.41, 5.74) is -1.23. The Bertz CT molecular complexity index is 736. The maximum atomic E-state index is 12.1. The van der Waals surface area contributed by atoms with Gasteiger partial charge in [-0.15, -0.1) is 0 Å². The zero-order valence-electron chi connectivity index (χ0n) is 10.9. The lowest BCUT2D eigenvalue weighted by Gasteiger charge is -2.12. The molecule has 0 aliphatic rings. The number of furan rings is 1. The summed E-state index contributed by atoms with van der Waals surface area (Å²) in [5, 5.41) is 0. The van der Waals surface area contributed by atoms with Gasteiger partial charge in [0.15, 0.2) is 5.78 Å². The maximum Gasteiger partial charge on any atom is 0.329 e. The van der Waals surface area contributed by atoms with Crippen LogP contribution in [-0.2, 0) is 0 Å². The molecule has 6 nitrogen and oxygen atoms in total. The number of hydrogen-bond donors (Lipinski definition) is 1. The number of nitrogens with one attached hydrogen (secondary N) is 1. The fourth-order valence-corrected chi connectivity index (χ4v) is 1.90. The van der Waals surface area contributed by atoms with Gasteiger partial charge in [-0.3, -0.25) is 9.59 Å². The van der Waals surface area contributed by atoms with Crippen molar-refractivity contribution in [1.82, 2.24) is 9.55 Å². The minimum absolute atomic E-state index is 0.0465. The van der Waals surface area contributed by atoms with Crippen LogP contribution >= 0.6 is 0 Å². The summed E-state index contributed by atoms with van der Waals surface area (Å²) in [6, 6.07) is 2.87.